The average molecular weight is 300 g/mol. The zero-order chi connectivity index (χ0) is 15.5. The van der Waals surface area contributed by atoms with E-state index in [1.165, 1.54) is 12.1 Å². The summed E-state index contributed by atoms with van der Waals surface area (Å²) in [7, 11) is 0. The summed E-state index contributed by atoms with van der Waals surface area (Å²) in [6, 6.07) is 6.62. The van der Waals surface area contributed by atoms with E-state index in [1.54, 1.807) is 13.0 Å². The molecule has 0 atom stereocenters. The highest BCUT2D eigenvalue weighted by Crippen LogP contribution is 2.22. The van der Waals surface area contributed by atoms with Crippen molar-refractivity contribution < 1.29 is 27.2 Å². The van der Waals surface area contributed by atoms with Crippen LogP contribution in [0.25, 0.3) is 0 Å². The van der Waals surface area contributed by atoms with Crippen molar-refractivity contribution in [2.75, 3.05) is 5.32 Å². The number of rotatable bonds is 4. The number of aryl methyl sites for hydroxylation is 1. The first-order valence-corrected chi connectivity index (χ1v) is 5.90. The normalized spacial score (nSPS) is 11.2. The molecule has 1 amide bonds. The quantitative estimate of drug-likeness (QED) is 0.942. The van der Waals surface area contributed by atoms with Crippen LogP contribution in [-0.2, 0) is 11.2 Å². The molecule has 21 heavy (non-hydrogen) atoms. The van der Waals surface area contributed by atoms with Crippen LogP contribution in [0.5, 0.6) is 5.75 Å². The third kappa shape index (κ3) is 4.83. The van der Waals surface area contributed by atoms with Gasteiger partial charge in [0.1, 0.15) is 11.5 Å². The molecule has 0 spiro atoms. The van der Waals surface area contributed by atoms with Crippen molar-refractivity contribution in [2.24, 2.45) is 0 Å². The van der Waals surface area contributed by atoms with Crippen LogP contribution in [0, 0.1) is 6.92 Å². The number of hydrogen-bond donors (Lipinski definition) is 1. The minimum absolute atomic E-state index is 0.00178. The van der Waals surface area contributed by atoms with Gasteiger partial charge in [-0.3, -0.25) is 4.79 Å². The number of hydrogen-bond acceptors (Lipinski definition) is 4. The first kappa shape index (κ1) is 14.9. The molecule has 2 aromatic rings. The molecular formula is C13H11F3N2O3. The van der Waals surface area contributed by atoms with Gasteiger partial charge in [0.2, 0.25) is 5.91 Å². The number of ether oxygens (including phenoxy) is 1. The number of halogens is 3. The molecule has 0 bridgehead atoms. The Hall–Kier alpha value is -2.51. The molecule has 1 heterocycles. The summed E-state index contributed by atoms with van der Waals surface area (Å²) < 4.78 is 44.5. The van der Waals surface area contributed by atoms with Gasteiger partial charge >= 0.3 is 6.36 Å². The lowest BCUT2D eigenvalue weighted by Gasteiger charge is -2.09. The van der Waals surface area contributed by atoms with E-state index >= 15 is 0 Å². The molecule has 0 saturated heterocycles. The third-order valence-electron chi connectivity index (χ3n) is 2.42. The van der Waals surface area contributed by atoms with Gasteiger partial charge in [0.05, 0.1) is 6.42 Å². The van der Waals surface area contributed by atoms with Gasteiger partial charge in [-0.25, -0.2) is 0 Å². The second-order valence-corrected chi connectivity index (χ2v) is 4.24. The van der Waals surface area contributed by atoms with Crippen molar-refractivity contribution in [3.63, 3.8) is 0 Å². The van der Waals surface area contributed by atoms with Crippen LogP contribution in [0.3, 0.4) is 0 Å². The molecule has 0 aliphatic rings. The van der Waals surface area contributed by atoms with Crippen LogP contribution in [0.1, 0.15) is 11.3 Å². The zero-order valence-corrected chi connectivity index (χ0v) is 10.9. The lowest BCUT2D eigenvalue weighted by molar-refractivity contribution is -0.274. The minimum Gasteiger partial charge on any atom is -0.406 e. The molecule has 1 aromatic carbocycles. The maximum absolute atomic E-state index is 12.0. The largest absolute Gasteiger partial charge is 0.573 e. The number of nitrogens with zero attached hydrogens (tertiary/aromatic N) is 1. The van der Waals surface area contributed by atoms with E-state index in [2.05, 4.69) is 15.2 Å². The molecule has 8 heteroatoms. The highest BCUT2D eigenvalue weighted by molar-refractivity contribution is 5.91. The van der Waals surface area contributed by atoms with E-state index in [9.17, 15) is 18.0 Å². The van der Waals surface area contributed by atoms with Crippen molar-refractivity contribution in [1.82, 2.24) is 5.16 Å². The maximum Gasteiger partial charge on any atom is 0.573 e. The summed E-state index contributed by atoms with van der Waals surface area (Å²) >= 11 is 0. The average Bonchev–Trinajstić information content (AvgIpc) is 2.75. The molecule has 1 aromatic heterocycles. The molecule has 0 aliphatic carbocycles. The number of alkyl halides is 3. The van der Waals surface area contributed by atoms with E-state index in [1.807, 2.05) is 0 Å². The zero-order valence-electron chi connectivity index (χ0n) is 10.9. The first-order valence-electron chi connectivity index (χ1n) is 5.90. The fourth-order valence-electron chi connectivity index (χ4n) is 1.61. The lowest BCUT2D eigenvalue weighted by Crippen LogP contribution is -2.17. The Morgan fingerprint density at radius 2 is 2.00 bits per heavy atom. The SMILES string of the molecule is Cc1cc(NC(=O)Cc2ccc(OC(F)(F)F)cc2)no1. The second-order valence-electron chi connectivity index (χ2n) is 4.24. The van der Waals surface area contributed by atoms with E-state index in [-0.39, 0.29) is 23.9 Å². The van der Waals surface area contributed by atoms with Gasteiger partial charge in [-0.15, -0.1) is 13.2 Å². The Balaban J connectivity index is 1.92. The smallest absolute Gasteiger partial charge is 0.406 e. The predicted molar refractivity (Wildman–Crippen MR) is 66.7 cm³/mol. The summed E-state index contributed by atoms with van der Waals surface area (Å²) in [4.78, 5) is 11.7. The van der Waals surface area contributed by atoms with Crippen LogP contribution in [0.15, 0.2) is 34.9 Å². The predicted octanol–water partition coefficient (Wildman–Crippen LogP) is 3.06. The van der Waals surface area contributed by atoms with E-state index < -0.39 is 6.36 Å². The molecular weight excluding hydrogens is 289 g/mol. The second kappa shape index (κ2) is 5.86. The van der Waals surface area contributed by atoms with Crippen molar-refractivity contribution in [3.05, 3.63) is 41.7 Å². The number of amides is 1. The molecule has 0 fully saturated rings. The lowest BCUT2D eigenvalue weighted by atomic mass is 10.1. The van der Waals surface area contributed by atoms with Crippen molar-refractivity contribution in [3.8, 4) is 5.75 Å². The van der Waals surface area contributed by atoms with Gasteiger partial charge in [0, 0.05) is 6.07 Å². The summed E-state index contributed by atoms with van der Waals surface area (Å²) in [5, 5.41) is 6.11. The van der Waals surface area contributed by atoms with Crippen LogP contribution in [-0.4, -0.2) is 17.4 Å². The fraction of sp³-hybridized carbons (Fsp3) is 0.231. The van der Waals surface area contributed by atoms with Crippen molar-refractivity contribution in [1.29, 1.82) is 0 Å². The highest BCUT2D eigenvalue weighted by atomic mass is 19.4. The molecule has 0 aliphatic heterocycles. The van der Waals surface area contributed by atoms with E-state index in [0.717, 1.165) is 12.1 Å². The summed E-state index contributed by atoms with van der Waals surface area (Å²) in [6.45, 7) is 1.68. The highest BCUT2D eigenvalue weighted by Gasteiger charge is 2.30. The van der Waals surface area contributed by atoms with Crippen LogP contribution < -0.4 is 10.1 Å². The minimum atomic E-state index is -4.73. The molecule has 0 saturated carbocycles. The summed E-state index contributed by atoms with van der Waals surface area (Å²) in [5.74, 6) is 0.153. The Bertz CT molecular complexity index is 620. The summed E-state index contributed by atoms with van der Waals surface area (Å²) in [5.41, 5.74) is 0.544. The van der Waals surface area contributed by atoms with Gasteiger partial charge < -0.3 is 14.6 Å². The summed E-state index contributed by atoms with van der Waals surface area (Å²) in [6.07, 6.45) is -4.73. The molecule has 5 nitrogen and oxygen atoms in total. The van der Waals surface area contributed by atoms with E-state index in [0.29, 0.717) is 11.3 Å². The number of anilines is 1. The monoisotopic (exact) mass is 300 g/mol. The Morgan fingerprint density at radius 1 is 1.33 bits per heavy atom. The van der Waals surface area contributed by atoms with Gasteiger partial charge in [0.15, 0.2) is 5.82 Å². The Morgan fingerprint density at radius 3 is 2.52 bits per heavy atom. The van der Waals surface area contributed by atoms with Gasteiger partial charge in [-0.1, -0.05) is 17.3 Å². The number of nitrogens with one attached hydrogen (secondary N) is 1. The molecule has 2 rings (SSSR count). The maximum atomic E-state index is 12.0. The number of carbonyl (C=O) groups excluding carboxylic acids is 1. The van der Waals surface area contributed by atoms with E-state index in [4.69, 9.17) is 4.52 Å². The van der Waals surface area contributed by atoms with Crippen LogP contribution in [0.2, 0.25) is 0 Å². The third-order valence-corrected chi connectivity index (χ3v) is 2.42. The first-order chi connectivity index (χ1) is 9.82. The van der Waals surface area contributed by atoms with Gasteiger partial charge in [-0.2, -0.15) is 0 Å². The van der Waals surface area contributed by atoms with Crippen molar-refractivity contribution in [2.45, 2.75) is 19.7 Å². The van der Waals surface area contributed by atoms with Crippen LogP contribution in [0.4, 0.5) is 19.0 Å². The van der Waals surface area contributed by atoms with Crippen molar-refractivity contribution >= 4 is 11.7 Å². The Kier molecular flexibility index (Phi) is 4.15. The van der Waals surface area contributed by atoms with Gasteiger partial charge in [0.25, 0.3) is 0 Å². The Labute approximate surface area is 117 Å². The fourth-order valence-corrected chi connectivity index (χ4v) is 1.61. The standard InChI is InChI=1S/C13H11F3N2O3/c1-8-6-11(18-21-8)17-12(19)7-9-2-4-10(5-3-9)20-13(14,15)16/h2-6H,7H2,1H3,(H,17,18,19). The molecule has 1 N–H and O–H groups in total. The van der Waals surface area contributed by atoms with Crippen LogP contribution >= 0.6 is 0 Å². The number of aromatic nitrogens is 1. The topological polar surface area (TPSA) is 64.4 Å². The molecule has 0 radical (unpaired) electrons. The number of carbonyl (C=O) groups is 1. The van der Waals surface area contributed by atoms with Gasteiger partial charge in [-0.05, 0) is 24.6 Å². The molecule has 0 unspecified atom stereocenters. The number of benzene rings is 1. The molecule has 112 valence electrons.